The highest BCUT2D eigenvalue weighted by Crippen LogP contribution is 2.42. The van der Waals surface area contributed by atoms with Crippen molar-refractivity contribution in [2.24, 2.45) is 0 Å². The number of hydrogen-bond donors (Lipinski definition) is 10. The Morgan fingerprint density at radius 1 is 0.621 bits per heavy atom. The molecule has 0 radical (unpaired) electrons. The predicted octanol–water partition coefficient (Wildman–Crippen LogP) is 3.12. The van der Waals surface area contributed by atoms with E-state index in [1.807, 2.05) is 6.92 Å². The van der Waals surface area contributed by atoms with Crippen molar-refractivity contribution in [3.63, 3.8) is 0 Å². The molecule has 0 bridgehead atoms. The van der Waals surface area contributed by atoms with Crippen molar-refractivity contribution in [2.45, 2.75) is 71.4 Å². The van der Waals surface area contributed by atoms with Crippen LogP contribution in [-0.4, -0.2) is 200 Å². The number of aliphatic hydroxyl groups is 1. The number of carbonyl (C=O) groups excluding carboxylic acids is 5. The van der Waals surface area contributed by atoms with Gasteiger partial charge in [-0.1, -0.05) is 83.8 Å². The second kappa shape index (κ2) is 59.9. The monoisotopic (exact) mass is 1530 g/mol. The van der Waals surface area contributed by atoms with Crippen LogP contribution < -0.4 is 5.32 Å². The van der Waals surface area contributed by atoms with Gasteiger partial charge in [0, 0.05) is 28.6 Å². The van der Waals surface area contributed by atoms with Crippen molar-refractivity contribution in [3.05, 3.63) is 135 Å². The molecule has 0 saturated heterocycles. The van der Waals surface area contributed by atoms with Gasteiger partial charge in [0.25, 0.3) is 30.4 Å². The molecule has 0 spiro atoms. The van der Waals surface area contributed by atoms with E-state index in [1.165, 1.54) is 46.8 Å². The van der Waals surface area contributed by atoms with Crippen molar-refractivity contribution >= 4 is 111 Å². The Balaban J connectivity index is -0.000000129. The van der Waals surface area contributed by atoms with Crippen LogP contribution in [0.2, 0.25) is 0 Å². The molecule has 46 heteroatoms. The highest BCUT2D eigenvalue weighted by molar-refractivity contribution is 7.88. The highest BCUT2D eigenvalue weighted by Gasteiger charge is 2.26. The van der Waals surface area contributed by atoms with E-state index in [0.29, 0.717) is 31.0 Å². The average molecular weight is 1530 g/mol. The lowest BCUT2D eigenvalue weighted by atomic mass is 10.1. The van der Waals surface area contributed by atoms with Gasteiger partial charge in [-0.05, 0) is 71.7 Å². The molecule has 1 rings (SSSR count). The van der Waals surface area contributed by atoms with E-state index in [4.69, 9.17) is 68.3 Å². The molecule has 1 aromatic rings. The molecular formula is C49H82NO37P3S5. The van der Waals surface area contributed by atoms with E-state index in [9.17, 15) is 67.8 Å². The van der Waals surface area contributed by atoms with Crippen molar-refractivity contribution in [2.75, 3.05) is 65.2 Å². The van der Waals surface area contributed by atoms with E-state index in [0.717, 1.165) is 24.1 Å². The molecule has 38 nitrogen and oxygen atoms in total. The molecule has 550 valence electrons. The quantitative estimate of drug-likeness (QED) is 0.0101. The Hall–Kier alpha value is -6.51. The van der Waals surface area contributed by atoms with Gasteiger partial charge in [-0.25, -0.2) is 28.3 Å². The maximum absolute atomic E-state index is 11.4. The maximum atomic E-state index is 11.4. The molecule has 1 amide bonds. The first-order valence-corrected chi connectivity index (χ1v) is 36.0. The summed E-state index contributed by atoms with van der Waals surface area (Å²) in [6, 6.07) is 5.78. The van der Waals surface area contributed by atoms with Gasteiger partial charge in [-0.3, -0.25) is 36.6 Å². The second-order valence-corrected chi connectivity index (χ2v) is 26.0. The third-order valence-electron chi connectivity index (χ3n) is 7.03. The van der Waals surface area contributed by atoms with Gasteiger partial charge >= 0.3 is 68.3 Å². The van der Waals surface area contributed by atoms with Crippen LogP contribution in [0.4, 0.5) is 0 Å². The van der Waals surface area contributed by atoms with E-state index in [2.05, 4.69) is 97.0 Å². The fourth-order valence-electron chi connectivity index (χ4n) is 3.51. The van der Waals surface area contributed by atoms with Gasteiger partial charge in [0.05, 0.1) is 67.3 Å². The van der Waals surface area contributed by atoms with Crippen LogP contribution in [0, 0.1) is 0 Å². The number of aliphatic hydroxyl groups excluding tert-OH is 1. The number of rotatable bonds is 30. The molecule has 0 saturated carbocycles. The zero-order valence-corrected chi connectivity index (χ0v) is 59.1. The molecule has 0 aliphatic carbocycles. The van der Waals surface area contributed by atoms with E-state index in [1.54, 1.807) is 31.2 Å². The van der Waals surface area contributed by atoms with Crippen LogP contribution in [-0.2, 0) is 126 Å². The normalized spacial score (nSPS) is 10.7. The van der Waals surface area contributed by atoms with E-state index >= 15 is 0 Å². The number of carbonyl (C=O) groups is 5. The number of amides is 1. The lowest BCUT2D eigenvalue weighted by molar-refractivity contribution is -0.140. The molecule has 0 aromatic heterocycles. The fraction of sp³-hybridized carbons (Fsp3) is 0.408. The minimum absolute atomic E-state index is 0.104. The fourth-order valence-corrected chi connectivity index (χ4v) is 5.97. The second-order valence-electron chi connectivity index (χ2n) is 16.7. The molecule has 0 fully saturated rings. The van der Waals surface area contributed by atoms with Crippen molar-refractivity contribution in [1.29, 1.82) is 0 Å². The smallest absolute Gasteiger partial charge is 0.463 e. The summed E-state index contributed by atoms with van der Waals surface area (Å²) in [6.45, 7) is 39.9. The summed E-state index contributed by atoms with van der Waals surface area (Å²) < 4.78 is 204. The summed E-state index contributed by atoms with van der Waals surface area (Å²) in [5, 5.41) is 11.5. The Kier molecular flexibility index (Phi) is 67.6. The summed E-state index contributed by atoms with van der Waals surface area (Å²) in [4.78, 5) is 95.0. The zero-order chi connectivity index (χ0) is 77.2. The molecule has 0 aliphatic heterocycles. The topological polar surface area (TPSA) is 609 Å². The lowest BCUT2D eigenvalue weighted by Gasteiger charge is -2.23. The summed E-state index contributed by atoms with van der Waals surface area (Å²) >= 11 is 0. The van der Waals surface area contributed by atoms with E-state index < -0.39 is 110 Å². The van der Waals surface area contributed by atoms with Crippen LogP contribution in [0.1, 0.15) is 60.5 Å². The number of benzene rings is 1. The van der Waals surface area contributed by atoms with Gasteiger partial charge in [-0.2, -0.15) is 25.3 Å². The molecular weight excluding hydrogens is 1450 g/mol. The number of phosphoric acid groups is 2. The Labute approximate surface area is 553 Å². The number of phosphoric ester groups is 2. The molecule has 1 atom stereocenters. The van der Waals surface area contributed by atoms with Crippen LogP contribution in [0.25, 0.3) is 6.08 Å². The number of ether oxygens (including phenoxy) is 5. The van der Waals surface area contributed by atoms with E-state index in [-0.39, 0.29) is 73.3 Å². The van der Waals surface area contributed by atoms with Crippen molar-refractivity contribution in [3.8, 4) is 0 Å². The highest BCUT2D eigenvalue weighted by atomic mass is 32.2. The number of esters is 4. The summed E-state index contributed by atoms with van der Waals surface area (Å²) in [6.07, 6.45) is 5.94. The average Bonchev–Trinajstić information content (AvgIpc) is 2.64. The molecule has 95 heavy (non-hydrogen) atoms. The number of hydrogen-bond acceptors (Lipinski definition) is 29. The Morgan fingerprint density at radius 3 is 1.20 bits per heavy atom. The minimum atomic E-state index is -4.46. The summed E-state index contributed by atoms with van der Waals surface area (Å²) in [7, 11) is -30.9. The molecule has 10 N–H and O–H groups in total. The standard InChI is InChI=1S/C12H19O8P.C8H8O3S.C7H13NO4S.C6H11O6P.C6H12O2.C6H10O2.C2H5O3P.C2H4O3S.2O3S/c1-9(2)11(13)17-5-7-19-21(15,16)20-8-6-18-12(14)10(3)4;1-2-7-3-5-8(6-4-7)12(9,10)11;1-4-6(9)8-7(2,3)5-13(10,11)12;1-5(2)6(7)11-3-4-12-13(8,9)10;1-3-4-8-5-6(2)7;1-3-5-8-6(7)4-2;2*1-2-6(3,4)5;2*1-4(2)3/h1,3,5-8H2,2,4H3,(H,15,16);2-6H,1H2,(H,9,10,11);4H,1,5H2,2-3H3,(H,8,9)(H,10,11,12);1,3-4H2,2H3,(H2,8,9,10);3,6-7H,1,4-5H2,2H3;4H,2-3,5H2,1H3;2H,1H2,(H2,3,4,5);2H,1H2,(H,3,4,5);;. The SMILES string of the molecule is C=C(C)C(=O)OCCOP(=O)(O)O.C=C(C)C(=O)OCCOP(=O)(O)OCCOC(=O)C(=C)C.C=CC(=O)NC(C)(C)CS(=O)(=O)O.C=CC(=O)OCCC.C=CCOCC(C)O.C=CP(=O)(O)O.C=CS(=O)(=O)O.C=Cc1ccc(S(=O)(=O)O)cc1.O=S(=O)=O.O=S(=O)=O. The zero-order valence-electron chi connectivity index (χ0n) is 52.3. The maximum Gasteiger partial charge on any atom is 0.472 e. The first-order chi connectivity index (χ1) is 42.8. The van der Waals surface area contributed by atoms with Gasteiger partial charge in [0.2, 0.25) is 5.91 Å². The first kappa shape index (κ1) is 107. The first-order valence-electron chi connectivity index (χ1n) is 24.7. The molecule has 1 unspecified atom stereocenters. The van der Waals surface area contributed by atoms with Gasteiger partial charge in [0.15, 0.2) is 0 Å². The molecule has 0 aliphatic rings. The van der Waals surface area contributed by atoms with Crippen LogP contribution in [0.5, 0.6) is 0 Å². The van der Waals surface area contributed by atoms with Crippen molar-refractivity contribution in [1.82, 2.24) is 5.32 Å². The van der Waals surface area contributed by atoms with Gasteiger partial charge in [0.1, 0.15) is 19.8 Å². The van der Waals surface area contributed by atoms with Gasteiger partial charge in [-0.15, -0.1) is 31.8 Å². The van der Waals surface area contributed by atoms with Crippen LogP contribution in [0.3, 0.4) is 0 Å². The summed E-state index contributed by atoms with van der Waals surface area (Å²) in [5.41, 5.74) is 0.438. The predicted molar refractivity (Wildman–Crippen MR) is 340 cm³/mol. The Bertz CT molecular complexity index is 3230. The van der Waals surface area contributed by atoms with Crippen molar-refractivity contribution < 1.29 is 169 Å². The van der Waals surface area contributed by atoms with Crippen LogP contribution in [0.15, 0.2) is 135 Å². The Morgan fingerprint density at radius 2 is 0.968 bits per heavy atom. The third kappa shape index (κ3) is 106. The lowest BCUT2D eigenvalue weighted by Crippen LogP contribution is -2.47. The molecule has 1 aromatic carbocycles. The van der Waals surface area contributed by atoms with Crippen LogP contribution >= 0.6 is 23.2 Å². The summed E-state index contributed by atoms with van der Waals surface area (Å²) in [5.74, 6) is -2.61. The third-order valence-corrected chi connectivity index (χ3v) is 11.4. The van der Waals surface area contributed by atoms with Gasteiger partial charge < -0.3 is 58.6 Å². The molecule has 0 heterocycles. The minimum Gasteiger partial charge on any atom is -0.463 e. The largest absolute Gasteiger partial charge is 0.472 e. The number of nitrogens with one attached hydrogen (secondary N) is 1.